The number of carbonyl (C=O) groups is 3. The maximum atomic E-state index is 12.7. The molecule has 1 aliphatic rings. The average Bonchev–Trinajstić information content (AvgIpc) is 2.96. The van der Waals surface area contributed by atoms with Crippen molar-refractivity contribution in [2.45, 2.75) is 40.0 Å². The van der Waals surface area contributed by atoms with Gasteiger partial charge in [0, 0.05) is 65.4 Å². The predicted molar refractivity (Wildman–Crippen MR) is 166 cm³/mol. The van der Waals surface area contributed by atoms with E-state index in [4.69, 9.17) is 4.84 Å². The zero-order chi connectivity index (χ0) is 31.6. The van der Waals surface area contributed by atoms with Crippen LogP contribution in [0.15, 0.2) is 9.59 Å². The third kappa shape index (κ3) is 13.9. The number of rotatable bonds is 18. The number of unbranched alkanes of at least 4 members (excludes halogenated alkanes) is 1. The van der Waals surface area contributed by atoms with E-state index in [9.17, 15) is 29.1 Å². The molecule has 1 heterocycles. The van der Waals surface area contributed by atoms with Crippen molar-refractivity contribution in [3.63, 3.8) is 0 Å². The summed E-state index contributed by atoms with van der Waals surface area (Å²) in [6, 6.07) is 0. The number of nitrogens with zero attached hydrogens (tertiary/aromatic N) is 4. The van der Waals surface area contributed by atoms with E-state index in [-0.39, 0.29) is 37.8 Å². The van der Waals surface area contributed by atoms with Crippen molar-refractivity contribution in [2.75, 3.05) is 109 Å². The molecule has 1 amide bonds. The van der Waals surface area contributed by atoms with Gasteiger partial charge >= 0.3 is 5.97 Å². The Balaban J connectivity index is 1.81. The fraction of sp³-hybridized carbons (Fsp3) is 0.759. The van der Waals surface area contributed by atoms with Crippen LogP contribution in [0.4, 0.5) is 11.4 Å². The van der Waals surface area contributed by atoms with E-state index < -0.39 is 16.8 Å². The van der Waals surface area contributed by atoms with E-state index in [0.29, 0.717) is 64.0 Å². The molecule has 1 aliphatic heterocycles. The highest BCUT2D eigenvalue weighted by Crippen LogP contribution is 2.14. The van der Waals surface area contributed by atoms with E-state index >= 15 is 0 Å². The van der Waals surface area contributed by atoms with Crippen molar-refractivity contribution in [3.05, 3.63) is 20.4 Å². The van der Waals surface area contributed by atoms with Gasteiger partial charge in [0.05, 0.1) is 26.2 Å². The van der Waals surface area contributed by atoms with Crippen LogP contribution < -0.4 is 27.0 Å². The minimum Gasteiger partial charge on any atom is -0.480 e. The molecule has 0 saturated carbocycles. The first-order chi connectivity index (χ1) is 20.6. The average molecular weight is 610 g/mol. The minimum absolute atomic E-state index is 0.0756. The molecule has 2 rings (SSSR count). The first-order valence-corrected chi connectivity index (χ1v) is 15.4. The van der Waals surface area contributed by atoms with Gasteiger partial charge in [0.2, 0.25) is 0 Å². The monoisotopic (exact) mass is 609 g/mol. The Kier molecular flexibility index (Phi) is 17.0. The molecule has 1 aromatic carbocycles. The van der Waals surface area contributed by atoms with Crippen LogP contribution in [0.3, 0.4) is 0 Å². The molecule has 1 fully saturated rings. The summed E-state index contributed by atoms with van der Waals surface area (Å²) in [5, 5.41) is 15.3. The number of anilines is 2. The number of hydrogen-bond acceptors (Lipinski definition) is 12. The van der Waals surface area contributed by atoms with E-state index in [1.54, 1.807) is 0 Å². The van der Waals surface area contributed by atoms with Gasteiger partial charge in [0.25, 0.3) is 16.8 Å². The highest BCUT2D eigenvalue weighted by atomic mass is 16.7. The number of carboxylic acid groups (broad SMARTS) is 1. The summed E-state index contributed by atoms with van der Waals surface area (Å²) in [7, 11) is 0. The highest BCUT2D eigenvalue weighted by molar-refractivity contribution is 5.77. The van der Waals surface area contributed by atoms with E-state index in [1.165, 1.54) is 0 Å². The number of amides is 1. The minimum atomic E-state index is -0.925. The van der Waals surface area contributed by atoms with Crippen molar-refractivity contribution in [1.29, 1.82) is 0 Å². The standard InChI is InChI=1S/C29H51N7O7/c1-4-33-10-12-34(18-19-37)13-15-36(22-25(39)40)17-16-35(14-11-33)21-24(38)32-43-20-9-31-27-26(28(41)29(27)42)30-8-6-5-7-23(2)3/h19,23,30-31H,4-18,20-22H2,1-3H3,(H,32,38)(H,39,40). The lowest BCUT2D eigenvalue weighted by molar-refractivity contribution is -0.139. The molecule has 0 atom stereocenters. The van der Waals surface area contributed by atoms with Gasteiger partial charge in [-0.2, -0.15) is 0 Å². The Morgan fingerprint density at radius 1 is 0.837 bits per heavy atom. The zero-order valence-corrected chi connectivity index (χ0v) is 26.1. The smallest absolute Gasteiger partial charge is 0.317 e. The first-order valence-electron chi connectivity index (χ1n) is 15.4. The molecule has 4 N–H and O–H groups in total. The predicted octanol–water partition coefficient (Wildman–Crippen LogP) is -0.494. The van der Waals surface area contributed by atoms with Gasteiger partial charge in [0.1, 0.15) is 17.7 Å². The summed E-state index contributed by atoms with van der Waals surface area (Å²) < 4.78 is 0. The quantitative estimate of drug-likeness (QED) is 0.0730. The van der Waals surface area contributed by atoms with Gasteiger partial charge in [-0.25, -0.2) is 5.48 Å². The van der Waals surface area contributed by atoms with Crippen molar-refractivity contribution in [2.24, 2.45) is 5.92 Å². The fourth-order valence-corrected chi connectivity index (χ4v) is 4.90. The van der Waals surface area contributed by atoms with Gasteiger partial charge in [-0.1, -0.05) is 33.6 Å². The molecule has 0 aliphatic carbocycles. The molecular weight excluding hydrogens is 558 g/mol. The number of aliphatic carboxylic acids is 1. The van der Waals surface area contributed by atoms with Crippen LogP contribution in [0.25, 0.3) is 0 Å². The molecule has 14 nitrogen and oxygen atoms in total. The Labute approximate surface area is 254 Å². The molecule has 43 heavy (non-hydrogen) atoms. The molecular formula is C29H51N7O7. The molecule has 1 aromatic rings. The van der Waals surface area contributed by atoms with E-state index in [0.717, 1.165) is 45.2 Å². The van der Waals surface area contributed by atoms with Gasteiger partial charge in [-0.3, -0.25) is 38.7 Å². The largest absolute Gasteiger partial charge is 0.480 e. The second-order valence-corrected chi connectivity index (χ2v) is 11.4. The van der Waals surface area contributed by atoms with Crippen LogP contribution in [-0.2, 0) is 19.2 Å². The second kappa shape index (κ2) is 20.1. The Bertz CT molecular complexity index is 1060. The van der Waals surface area contributed by atoms with E-state index in [1.807, 2.05) is 14.7 Å². The van der Waals surface area contributed by atoms with E-state index in [2.05, 4.69) is 41.8 Å². The van der Waals surface area contributed by atoms with Gasteiger partial charge in [-0.05, 0) is 18.9 Å². The summed E-state index contributed by atoms with van der Waals surface area (Å²) in [6.45, 7) is 13.3. The van der Waals surface area contributed by atoms with Crippen LogP contribution in [0.2, 0.25) is 0 Å². The molecule has 14 heteroatoms. The van der Waals surface area contributed by atoms with Crippen molar-refractivity contribution >= 4 is 29.5 Å². The highest BCUT2D eigenvalue weighted by Gasteiger charge is 2.21. The van der Waals surface area contributed by atoms with Crippen LogP contribution >= 0.6 is 0 Å². The number of aldehydes is 1. The summed E-state index contributed by atoms with van der Waals surface area (Å²) in [4.78, 5) is 72.5. The number of hydroxylamine groups is 1. The summed E-state index contributed by atoms with van der Waals surface area (Å²) in [6.07, 6.45) is 3.95. The summed E-state index contributed by atoms with van der Waals surface area (Å²) in [5.41, 5.74) is 1.92. The lowest BCUT2D eigenvalue weighted by Gasteiger charge is -2.32. The first kappa shape index (κ1) is 36.3. The molecule has 1 saturated heterocycles. The molecule has 0 radical (unpaired) electrons. The number of likely N-dealkylation sites (N-methyl/N-ethyl adjacent to an activating group) is 1. The van der Waals surface area contributed by atoms with Crippen molar-refractivity contribution in [3.8, 4) is 0 Å². The van der Waals surface area contributed by atoms with Crippen molar-refractivity contribution < 1.29 is 24.3 Å². The normalized spacial score (nSPS) is 16.9. The lowest BCUT2D eigenvalue weighted by Crippen LogP contribution is -2.48. The fourth-order valence-electron chi connectivity index (χ4n) is 4.90. The maximum Gasteiger partial charge on any atom is 0.317 e. The SMILES string of the molecule is CCN1CCN(CC=O)CCN(CC(=O)O)CCN(CC(=O)NOCCNc2c(NCCCCC(C)C)c(=O)c2=O)CC1. The Morgan fingerprint density at radius 3 is 1.91 bits per heavy atom. The van der Waals surface area contributed by atoms with Crippen LogP contribution in [0.1, 0.15) is 40.0 Å². The topological polar surface area (TPSA) is 164 Å². The zero-order valence-electron chi connectivity index (χ0n) is 26.1. The molecule has 0 aromatic heterocycles. The lowest BCUT2D eigenvalue weighted by atomic mass is 10.1. The maximum absolute atomic E-state index is 12.7. The third-order valence-electron chi connectivity index (χ3n) is 7.55. The number of hydrogen-bond donors (Lipinski definition) is 4. The third-order valence-corrected chi connectivity index (χ3v) is 7.55. The van der Waals surface area contributed by atoms with Crippen LogP contribution in [0, 0.1) is 5.92 Å². The number of carbonyl (C=O) groups excluding carboxylic acids is 2. The van der Waals surface area contributed by atoms with Gasteiger partial charge in [-0.15, -0.1) is 0 Å². The van der Waals surface area contributed by atoms with Crippen LogP contribution in [-0.4, -0.2) is 141 Å². The Hall–Kier alpha value is -2.91. The molecule has 0 spiro atoms. The second-order valence-electron chi connectivity index (χ2n) is 11.4. The molecule has 0 bridgehead atoms. The van der Waals surface area contributed by atoms with Gasteiger partial charge in [0.15, 0.2) is 0 Å². The van der Waals surface area contributed by atoms with Crippen LogP contribution in [0.5, 0.6) is 0 Å². The number of nitrogens with one attached hydrogen (secondary N) is 3. The summed E-state index contributed by atoms with van der Waals surface area (Å²) in [5.74, 6) is -0.634. The molecule has 0 unspecified atom stereocenters. The van der Waals surface area contributed by atoms with Crippen molar-refractivity contribution in [1.82, 2.24) is 25.1 Å². The Morgan fingerprint density at radius 2 is 1.37 bits per heavy atom. The number of carboxylic acids is 1. The summed E-state index contributed by atoms with van der Waals surface area (Å²) >= 11 is 0. The molecule has 244 valence electrons. The van der Waals surface area contributed by atoms with Gasteiger partial charge < -0.3 is 25.4 Å².